The Morgan fingerprint density at radius 3 is 2.48 bits per heavy atom. The fraction of sp³-hybridized carbons (Fsp3) is 0. The fourth-order valence-electron chi connectivity index (χ4n) is 2.30. The molecular formula is C19H13FN2O4S. The SMILES string of the molecule is O=C(Nc1ccc(Sc2ccc(O)cc2)c([N+](=O)[O-])c1)c1cccc(F)c1. The van der Waals surface area contributed by atoms with Crippen LogP contribution in [0.1, 0.15) is 10.4 Å². The largest absolute Gasteiger partial charge is 0.508 e. The number of hydrogen-bond donors (Lipinski definition) is 2. The monoisotopic (exact) mass is 384 g/mol. The number of amides is 1. The van der Waals surface area contributed by atoms with Crippen LogP contribution in [0.4, 0.5) is 15.8 Å². The minimum atomic E-state index is -0.567. The molecule has 0 fully saturated rings. The summed E-state index contributed by atoms with van der Waals surface area (Å²) in [6.45, 7) is 0. The van der Waals surface area contributed by atoms with Gasteiger partial charge >= 0.3 is 0 Å². The van der Waals surface area contributed by atoms with E-state index < -0.39 is 16.6 Å². The topological polar surface area (TPSA) is 92.5 Å². The average Bonchev–Trinajstić information content (AvgIpc) is 2.64. The summed E-state index contributed by atoms with van der Waals surface area (Å²) in [5.41, 5.74) is 0.163. The molecular weight excluding hydrogens is 371 g/mol. The molecule has 0 saturated carbocycles. The standard InChI is InChI=1S/C19H13FN2O4S/c20-13-3-1-2-12(10-13)19(24)21-14-4-9-18(17(11-14)22(25)26)27-16-7-5-15(23)6-8-16/h1-11,23H,(H,21,24). The van der Waals surface area contributed by atoms with Crippen LogP contribution in [0, 0.1) is 15.9 Å². The first-order valence-corrected chi connectivity index (χ1v) is 8.56. The van der Waals surface area contributed by atoms with Gasteiger partial charge in [0.25, 0.3) is 11.6 Å². The van der Waals surface area contributed by atoms with Crippen LogP contribution < -0.4 is 5.32 Å². The van der Waals surface area contributed by atoms with Crippen molar-refractivity contribution in [2.24, 2.45) is 0 Å². The number of aromatic hydroxyl groups is 1. The molecule has 0 spiro atoms. The molecule has 136 valence electrons. The van der Waals surface area contributed by atoms with Crippen molar-refractivity contribution in [1.82, 2.24) is 0 Å². The van der Waals surface area contributed by atoms with E-state index in [2.05, 4.69) is 5.32 Å². The molecule has 0 aliphatic carbocycles. The molecule has 1 amide bonds. The van der Waals surface area contributed by atoms with Crippen molar-refractivity contribution in [3.63, 3.8) is 0 Å². The lowest BCUT2D eigenvalue weighted by Gasteiger charge is -2.08. The van der Waals surface area contributed by atoms with Crippen LogP contribution in [0.3, 0.4) is 0 Å². The molecule has 8 heteroatoms. The molecule has 6 nitrogen and oxygen atoms in total. The van der Waals surface area contributed by atoms with Gasteiger partial charge in [-0.1, -0.05) is 17.8 Å². The molecule has 27 heavy (non-hydrogen) atoms. The third-order valence-electron chi connectivity index (χ3n) is 3.56. The highest BCUT2D eigenvalue weighted by Crippen LogP contribution is 2.37. The Bertz CT molecular complexity index is 1010. The number of carbonyl (C=O) groups is 1. The van der Waals surface area contributed by atoms with E-state index in [9.17, 15) is 24.4 Å². The Morgan fingerprint density at radius 1 is 1.07 bits per heavy atom. The molecule has 2 N–H and O–H groups in total. The number of nitro groups is 1. The lowest BCUT2D eigenvalue weighted by Crippen LogP contribution is -2.12. The Morgan fingerprint density at radius 2 is 1.81 bits per heavy atom. The van der Waals surface area contributed by atoms with Crippen molar-refractivity contribution >= 4 is 29.0 Å². The third-order valence-corrected chi connectivity index (χ3v) is 4.64. The van der Waals surface area contributed by atoms with E-state index in [4.69, 9.17) is 0 Å². The minimum absolute atomic E-state index is 0.101. The van der Waals surface area contributed by atoms with E-state index in [1.54, 1.807) is 12.1 Å². The first-order chi connectivity index (χ1) is 12.9. The number of nitrogens with zero attached hydrogens (tertiary/aromatic N) is 1. The smallest absolute Gasteiger partial charge is 0.285 e. The second-order valence-electron chi connectivity index (χ2n) is 5.50. The van der Waals surface area contributed by atoms with Crippen LogP contribution in [0.5, 0.6) is 5.75 Å². The van der Waals surface area contributed by atoms with E-state index in [-0.39, 0.29) is 22.7 Å². The van der Waals surface area contributed by atoms with Gasteiger partial charge in [-0.3, -0.25) is 14.9 Å². The van der Waals surface area contributed by atoms with Crippen molar-refractivity contribution in [2.75, 3.05) is 5.32 Å². The number of halogens is 1. The van der Waals surface area contributed by atoms with E-state index in [1.165, 1.54) is 48.5 Å². The fourth-order valence-corrected chi connectivity index (χ4v) is 3.20. The highest BCUT2D eigenvalue weighted by atomic mass is 32.2. The van der Waals surface area contributed by atoms with Crippen LogP contribution in [-0.4, -0.2) is 15.9 Å². The average molecular weight is 384 g/mol. The maximum atomic E-state index is 13.2. The van der Waals surface area contributed by atoms with Gasteiger partial charge in [0.05, 0.1) is 9.82 Å². The number of nitro benzene ring substituents is 1. The van der Waals surface area contributed by atoms with E-state index in [1.807, 2.05) is 0 Å². The normalized spacial score (nSPS) is 10.4. The van der Waals surface area contributed by atoms with Crippen LogP contribution >= 0.6 is 11.8 Å². The lowest BCUT2D eigenvalue weighted by molar-refractivity contribution is -0.387. The first-order valence-electron chi connectivity index (χ1n) is 7.74. The minimum Gasteiger partial charge on any atom is -0.508 e. The van der Waals surface area contributed by atoms with Crippen molar-refractivity contribution in [3.05, 3.63) is 88.2 Å². The molecule has 0 atom stereocenters. The van der Waals surface area contributed by atoms with Gasteiger partial charge in [-0.2, -0.15) is 0 Å². The predicted molar refractivity (Wildman–Crippen MR) is 99.7 cm³/mol. The maximum absolute atomic E-state index is 13.2. The quantitative estimate of drug-likeness (QED) is 0.485. The summed E-state index contributed by atoms with van der Waals surface area (Å²) < 4.78 is 13.2. The number of anilines is 1. The molecule has 3 aromatic rings. The van der Waals surface area contributed by atoms with Crippen molar-refractivity contribution < 1.29 is 19.2 Å². The first kappa shape index (κ1) is 18.4. The molecule has 3 rings (SSSR count). The van der Waals surface area contributed by atoms with Crippen LogP contribution in [0.2, 0.25) is 0 Å². The summed E-state index contributed by atoms with van der Waals surface area (Å²) in [7, 11) is 0. The molecule has 0 bridgehead atoms. The van der Waals surface area contributed by atoms with Crippen molar-refractivity contribution in [2.45, 2.75) is 9.79 Å². The van der Waals surface area contributed by atoms with Gasteiger partial charge in [-0.05, 0) is 54.6 Å². The van der Waals surface area contributed by atoms with Crippen LogP contribution in [0.25, 0.3) is 0 Å². The zero-order valence-electron chi connectivity index (χ0n) is 13.8. The van der Waals surface area contributed by atoms with Gasteiger partial charge in [-0.25, -0.2) is 4.39 Å². The number of hydrogen-bond acceptors (Lipinski definition) is 5. The van der Waals surface area contributed by atoms with Gasteiger partial charge in [0, 0.05) is 22.2 Å². The molecule has 0 aliphatic heterocycles. The summed E-state index contributed by atoms with van der Waals surface area (Å²) in [5.74, 6) is -1.01. The summed E-state index contributed by atoms with van der Waals surface area (Å²) in [6, 6.07) is 15.7. The predicted octanol–water partition coefficient (Wildman–Crippen LogP) is 4.84. The van der Waals surface area contributed by atoms with Gasteiger partial charge in [-0.15, -0.1) is 0 Å². The van der Waals surface area contributed by atoms with Gasteiger partial charge in [0.2, 0.25) is 0 Å². The second kappa shape index (κ2) is 7.88. The molecule has 0 saturated heterocycles. The number of rotatable bonds is 5. The molecule has 3 aromatic carbocycles. The Labute approximate surface area is 157 Å². The summed E-state index contributed by atoms with van der Waals surface area (Å²) in [5, 5.41) is 23.3. The number of benzene rings is 3. The maximum Gasteiger partial charge on any atom is 0.285 e. The molecule has 0 heterocycles. The van der Waals surface area contributed by atoms with Crippen molar-refractivity contribution in [3.8, 4) is 5.75 Å². The van der Waals surface area contributed by atoms with Crippen LogP contribution in [0.15, 0.2) is 76.5 Å². The zero-order valence-corrected chi connectivity index (χ0v) is 14.6. The highest BCUT2D eigenvalue weighted by Gasteiger charge is 2.17. The number of carbonyl (C=O) groups excluding carboxylic acids is 1. The Balaban J connectivity index is 1.83. The lowest BCUT2D eigenvalue weighted by atomic mass is 10.2. The van der Waals surface area contributed by atoms with E-state index >= 15 is 0 Å². The summed E-state index contributed by atoms with van der Waals surface area (Å²) in [6.07, 6.45) is 0. The van der Waals surface area contributed by atoms with Crippen LogP contribution in [-0.2, 0) is 0 Å². The van der Waals surface area contributed by atoms with Gasteiger partial charge in [0.15, 0.2) is 0 Å². The van der Waals surface area contributed by atoms with Gasteiger partial charge < -0.3 is 10.4 Å². The zero-order chi connectivity index (χ0) is 19.4. The van der Waals surface area contributed by atoms with Gasteiger partial charge in [0.1, 0.15) is 11.6 Å². The molecule has 0 aliphatic rings. The van der Waals surface area contributed by atoms with E-state index in [0.717, 1.165) is 17.8 Å². The highest BCUT2D eigenvalue weighted by molar-refractivity contribution is 7.99. The molecule has 0 radical (unpaired) electrons. The number of phenolic OH excluding ortho intramolecular Hbond substituents is 1. The second-order valence-corrected chi connectivity index (χ2v) is 6.62. The molecule has 0 aromatic heterocycles. The third kappa shape index (κ3) is 4.62. The number of phenols is 1. The molecule has 0 unspecified atom stereocenters. The number of nitrogens with one attached hydrogen (secondary N) is 1. The Kier molecular flexibility index (Phi) is 5.37. The Hall–Kier alpha value is -3.39. The summed E-state index contributed by atoms with van der Waals surface area (Å²) in [4.78, 5) is 24.1. The summed E-state index contributed by atoms with van der Waals surface area (Å²) >= 11 is 1.16. The van der Waals surface area contributed by atoms with Crippen molar-refractivity contribution in [1.29, 1.82) is 0 Å². The van der Waals surface area contributed by atoms with E-state index in [0.29, 0.717) is 9.79 Å².